The summed E-state index contributed by atoms with van der Waals surface area (Å²) in [6.45, 7) is 4.06. The average Bonchev–Trinajstić information content (AvgIpc) is 2.56. The molecular formula is C19H22FNO2. The highest BCUT2D eigenvalue weighted by atomic mass is 19.1. The van der Waals surface area contributed by atoms with Crippen molar-refractivity contribution in [3.05, 3.63) is 54.3 Å². The summed E-state index contributed by atoms with van der Waals surface area (Å²) < 4.78 is 18.5. The molecule has 0 radical (unpaired) electrons. The number of benzene rings is 2. The fraction of sp³-hybridized carbons (Fsp3) is 0.316. The Balaban J connectivity index is 1.91. The quantitative estimate of drug-likeness (QED) is 0.744. The van der Waals surface area contributed by atoms with Crippen LogP contribution in [0.3, 0.4) is 0 Å². The van der Waals surface area contributed by atoms with Gasteiger partial charge in [0.05, 0.1) is 0 Å². The molecule has 23 heavy (non-hydrogen) atoms. The van der Waals surface area contributed by atoms with E-state index in [1.54, 1.807) is 36.4 Å². The van der Waals surface area contributed by atoms with E-state index in [1.165, 1.54) is 12.1 Å². The van der Waals surface area contributed by atoms with Crippen LogP contribution in [0.15, 0.2) is 48.5 Å². The Morgan fingerprint density at radius 1 is 1.09 bits per heavy atom. The van der Waals surface area contributed by atoms with Gasteiger partial charge in [0.15, 0.2) is 0 Å². The molecule has 3 nitrogen and oxygen atoms in total. The van der Waals surface area contributed by atoms with Crippen LogP contribution in [-0.2, 0) is 4.79 Å². The Morgan fingerprint density at radius 2 is 1.65 bits per heavy atom. The first-order valence-corrected chi connectivity index (χ1v) is 7.93. The van der Waals surface area contributed by atoms with E-state index in [9.17, 15) is 9.18 Å². The van der Waals surface area contributed by atoms with Crippen LogP contribution in [0.5, 0.6) is 11.5 Å². The lowest BCUT2D eigenvalue weighted by molar-refractivity contribution is -0.119. The normalized spacial score (nSPS) is 11.8. The maximum Gasteiger partial charge on any atom is 0.227 e. The zero-order valence-electron chi connectivity index (χ0n) is 13.5. The van der Waals surface area contributed by atoms with Gasteiger partial charge < -0.3 is 10.1 Å². The van der Waals surface area contributed by atoms with Crippen molar-refractivity contribution in [2.24, 2.45) is 5.92 Å². The molecule has 0 aliphatic rings. The number of anilines is 1. The molecule has 4 heteroatoms. The van der Waals surface area contributed by atoms with Crippen molar-refractivity contribution in [3.8, 4) is 11.5 Å². The van der Waals surface area contributed by atoms with E-state index in [1.807, 2.05) is 6.92 Å². The van der Waals surface area contributed by atoms with Crippen LogP contribution in [0.25, 0.3) is 0 Å². The Kier molecular flexibility index (Phi) is 6.15. The molecule has 2 aromatic carbocycles. The molecule has 0 aliphatic heterocycles. The largest absolute Gasteiger partial charge is 0.457 e. The topological polar surface area (TPSA) is 38.3 Å². The molecule has 1 unspecified atom stereocenters. The molecule has 1 amide bonds. The fourth-order valence-electron chi connectivity index (χ4n) is 2.15. The lowest BCUT2D eigenvalue weighted by Crippen LogP contribution is -2.20. The second-order valence-corrected chi connectivity index (χ2v) is 5.61. The van der Waals surface area contributed by atoms with E-state index < -0.39 is 0 Å². The first-order chi connectivity index (χ1) is 11.1. The van der Waals surface area contributed by atoms with E-state index in [0.29, 0.717) is 11.5 Å². The second-order valence-electron chi connectivity index (χ2n) is 5.61. The summed E-state index contributed by atoms with van der Waals surface area (Å²) in [5.41, 5.74) is 0.741. The molecule has 0 heterocycles. The molecule has 0 spiro atoms. The van der Waals surface area contributed by atoms with Crippen LogP contribution in [0, 0.1) is 11.7 Å². The standard InChI is InChI=1S/C19H22FNO2/c1-3-4-5-14(2)19(22)21-16-8-12-18(13-9-16)23-17-10-6-15(20)7-11-17/h6-14H,3-5H2,1-2H3,(H,21,22). The molecular weight excluding hydrogens is 293 g/mol. The lowest BCUT2D eigenvalue weighted by atomic mass is 10.0. The monoisotopic (exact) mass is 315 g/mol. The highest BCUT2D eigenvalue weighted by Crippen LogP contribution is 2.23. The number of carbonyl (C=O) groups is 1. The highest BCUT2D eigenvalue weighted by molar-refractivity contribution is 5.92. The van der Waals surface area contributed by atoms with Gasteiger partial charge in [-0.05, 0) is 55.0 Å². The molecule has 0 aliphatic carbocycles. The zero-order chi connectivity index (χ0) is 16.7. The minimum Gasteiger partial charge on any atom is -0.457 e. The summed E-state index contributed by atoms with van der Waals surface area (Å²) in [6, 6.07) is 13.0. The number of nitrogens with one attached hydrogen (secondary N) is 1. The van der Waals surface area contributed by atoms with Crippen LogP contribution >= 0.6 is 0 Å². The van der Waals surface area contributed by atoms with Crippen LogP contribution in [0.4, 0.5) is 10.1 Å². The third-order valence-electron chi connectivity index (χ3n) is 3.61. The van der Waals surface area contributed by atoms with Gasteiger partial charge in [0, 0.05) is 11.6 Å². The molecule has 2 aromatic rings. The summed E-state index contributed by atoms with van der Waals surface area (Å²) in [4.78, 5) is 12.0. The van der Waals surface area contributed by atoms with Gasteiger partial charge in [0.25, 0.3) is 0 Å². The minimum atomic E-state index is -0.299. The van der Waals surface area contributed by atoms with Crippen molar-refractivity contribution in [1.29, 1.82) is 0 Å². The van der Waals surface area contributed by atoms with E-state index in [0.717, 1.165) is 24.9 Å². The van der Waals surface area contributed by atoms with Gasteiger partial charge in [-0.3, -0.25) is 4.79 Å². The smallest absolute Gasteiger partial charge is 0.227 e. The molecule has 0 aromatic heterocycles. The molecule has 0 saturated heterocycles. The van der Waals surface area contributed by atoms with Crippen molar-refractivity contribution in [1.82, 2.24) is 0 Å². The SMILES string of the molecule is CCCCC(C)C(=O)Nc1ccc(Oc2ccc(F)cc2)cc1. The number of ether oxygens (including phenoxy) is 1. The van der Waals surface area contributed by atoms with Gasteiger partial charge in [0.2, 0.25) is 5.91 Å². The number of hydrogen-bond donors (Lipinski definition) is 1. The first kappa shape index (κ1) is 17.0. The molecule has 0 saturated carbocycles. The molecule has 1 N–H and O–H groups in total. The van der Waals surface area contributed by atoms with Gasteiger partial charge in [0.1, 0.15) is 17.3 Å². The summed E-state index contributed by atoms with van der Waals surface area (Å²) in [5, 5.41) is 2.91. The Labute approximate surface area is 136 Å². The molecule has 122 valence electrons. The van der Waals surface area contributed by atoms with Crippen molar-refractivity contribution in [2.45, 2.75) is 33.1 Å². The third-order valence-corrected chi connectivity index (χ3v) is 3.61. The predicted molar refractivity (Wildman–Crippen MR) is 90.2 cm³/mol. The van der Waals surface area contributed by atoms with Crippen molar-refractivity contribution in [2.75, 3.05) is 5.32 Å². The first-order valence-electron chi connectivity index (χ1n) is 7.93. The average molecular weight is 315 g/mol. The van der Waals surface area contributed by atoms with Gasteiger partial charge in [-0.25, -0.2) is 4.39 Å². The summed E-state index contributed by atoms with van der Waals surface area (Å²) in [7, 11) is 0. The van der Waals surface area contributed by atoms with Gasteiger partial charge in [-0.2, -0.15) is 0 Å². The second kappa shape index (κ2) is 8.32. The minimum absolute atomic E-state index is 0.00471. The van der Waals surface area contributed by atoms with Crippen molar-refractivity contribution < 1.29 is 13.9 Å². The maximum atomic E-state index is 12.8. The fourth-order valence-corrected chi connectivity index (χ4v) is 2.15. The lowest BCUT2D eigenvalue weighted by Gasteiger charge is -2.12. The molecule has 0 fully saturated rings. The van der Waals surface area contributed by atoms with Gasteiger partial charge in [-0.1, -0.05) is 26.7 Å². The van der Waals surface area contributed by atoms with Crippen LogP contribution in [0.2, 0.25) is 0 Å². The molecule has 0 bridgehead atoms. The number of rotatable bonds is 7. The van der Waals surface area contributed by atoms with Crippen LogP contribution < -0.4 is 10.1 Å². The Morgan fingerprint density at radius 3 is 2.22 bits per heavy atom. The van der Waals surface area contributed by atoms with E-state index in [4.69, 9.17) is 4.74 Å². The van der Waals surface area contributed by atoms with E-state index >= 15 is 0 Å². The van der Waals surface area contributed by atoms with Crippen LogP contribution in [0.1, 0.15) is 33.1 Å². The Bertz CT molecular complexity index is 623. The maximum absolute atomic E-state index is 12.8. The summed E-state index contributed by atoms with van der Waals surface area (Å²) in [5.74, 6) is 0.938. The predicted octanol–water partition coefficient (Wildman–Crippen LogP) is 5.38. The van der Waals surface area contributed by atoms with E-state index in [2.05, 4.69) is 12.2 Å². The van der Waals surface area contributed by atoms with E-state index in [-0.39, 0.29) is 17.6 Å². The zero-order valence-corrected chi connectivity index (χ0v) is 13.5. The van der Waals surface area contributed by atoms with Gasteiger partial charge in [-0.15, -0.1) is 0 Å². The number of hydrogen-bond acceptors (Lipinski definition) is 2. The van der Waals surface area contributed by atoms with Crippen molar-refractivity contribution in [3.63, 3.8) is 0 Å². The number of amides is 1. The van der Waals surface area contributed by atoms with Crippen LogP contribution in [-0.4, -0.2) is 5.91 Å². The third kappa shape index (κ3) is 5.40. The van der Waals surface area contributed by atoms with Gasteiger partial charge >= 0.3 is 0 Å². The molecule has 1 atom stereocenters. The molecule has 2 rings (SSSR count). The number of carbonyl (C=O) groups excluding carboxylic acids is 1. The Hall–Kier alpha value is -2.36. The number of halogens is 1. The number of unbranched alkanes of at least 4 members (excludes halogenated alkanes) is 1. The summed E-state index contributed by atoms with van der Waals surface area (Å²) in [6.07, 6.45) is 3.04. The van der Waals surface area contributed by atoms with Crippen molar-refractivity contribution >= 4 is 11.6 Å². The summed E-state index contributed by atoms with van der Waals surface area (Å²) >= 11 is 0. The highest BCUT2D eigenvalue weighted by Gasteiger charge is 2.12.